The fourth-order valence-electron chi connectivity index (χ4n) is 2.85. The number of hydrogen-bond donors (Lipinski definition) is 1. The number of carbonyl (C=O) groups is 1. The van der Waals surface area contributed by atoms with Crippen LogP contribution in [-0.2, 0) is 17.6 Å². The first-order chi connectivity index (χ1) is 12.0. The van der Waals surface area contributed by atoms with Gasteiger partial charge in [-0.15, -0.1) is 0 Å². The highest BCUT2D eigenvalue weighted by molar-refractivity contribution is 6.30. The van der Waals surface area contributed by atoms with E-state index in [1.807, 2.05) is 55.5 Å². The first kappa shape index (κ1) is 17.2. The molecule has 0 spiro atoms. The van der Waals surface area contributed by atoms with Crippen LogP contribution >= 0.6 is 11.6 Å². The topological polar surface area (TPSA) is 56.0 Å². The smallest absolute Gasteiger partial charge is 0.221 e. The van der Waals surface area contributed by atoms with Gasteiger partial charge in [-0.25, -0.2) is 0 Å². The zero-order valence-electron chi connectivity index (χ0n) is 14.0. The summed E-state index contributed by atoms with van der Waals surface area (Å²) in [5.74, 6) is -0.316. The summed E-state index contributed by atoms with van der Waals surface area (Å²) in [7, 11) is 0. The van der Waals surface area contributed by atoms with Crippen molar-refractivity contribution in [2.45, 2.75) is 19.8 Å². The maximum absolute atomic E-state index is 11.0. The Balaban J connectivity index is 1.84. The van der Waals surface area contributed by atoms with E-state index in [0.29, 0.717) is 5.02 Å². The zero-order valence-corrected chi connectivity index (χ0v) is 14.8. The number of rotatable bonds is 5. The third-order valence-corrected chi connectivity index (χ3v) is 4.18. The second kappa shape index (κ2) is 7.49. The summed E-state index contributed by atoms with van der Waals surface area (Å²) in [5, 5.41) is 0.701. The Labute approximate surface area is 152 Å². The van der Waals surface area contributed by atoms with Crippen LogP contribution in [0.1, 0.15) is 22.4 Å². The van der Waals surface area contributed by atoms with Gasteiger partial charge in [0.1, 0.15) is 0 Å². The number of hydrogen-bond acceptors (Lipinski definition) is 2. The molecule has 0 unspecified atom stereocenters. The zero-order chi connectivity index (χ0) is 17.8. The van der Waals surface area contributed by atoms with Gasteiger partial charge in [0.15, 0.2) is 0 Å². The molecule has 2 aromatic carbocycles. The lowest BCUT2D eigenvalue weighted by molar-refractivity contribution is -0.117. The molecule has 3 nitrogen and oxygen atoms in total. The van der Waals surface area contributed by atoms with Crippen molar-refractivity contribution in [2.75, 3.05) is 0 Å². The number of halogens is 1. The molecule has 0 radical (unpaired) electrons. The second-order valence-electron chi connectivity index (χ2n) is 6.15. The molecule has 25 heavy (non-hydrogen) atoms. The number of primary amides is 1. The number of carbonyl (C=O) groups excluding carboxylic acids is 1. The molecule has 1 aromatic heterocycles. The van der Waals surface area contributed by atoms with Crippen molar-refractivity contribution in [3.8, 4) is 11.3 Å². The summed E-state index contributed by atoms with van der Waals surface area (Å²) in [6, 6.07) is 19.9. The van der Waals surface area contributed by atoms with E-state index in [2.05, 4.69) is 17.1 Å². The Morgan fingerprint density at radius 3 is 2.40 bits per heavy atom. The molecule has 4 heteroatoms. The van der Waals surface area contributed by atoms with Crippen LogP contribution in [0.4, 0.5) is 0 Å². The minimum absolute atomic E-state index is 0.271. The lowest BCUT2D eigenvalue weighted by atomic mass is 10.0. The Morgan fingerprint density at radius 2 is 1.72 bits per heavy atom. The number of aromatic nitrogens is 1. The largest absolute Gasteiger partial charge is 0.369 e. The van der Waals surface area contributed by atoms with Crippen LogP contribution in [0, 0.1) is 6.92 Å². The molecule has 0 aliphatic rings. The van der Waals surface area contributed by atoms with E-state index in [0.717, 1.165) is 28.9 Å². The van der Waals surface area contributed by atoms with Crippen molar-refractivity contribution in [2.24, 2.45) is 5.73 Å². The Bertz CT molecular complexity index is 904. The lowest BCUT2D eigenvalue weighted by Crippen LogP contribution is -2.13. The highest BCUT2D eigenvalue weighted by Crippen LogP contribution is 2.23. The molecule has 0 saturated carbocycles. The van der Waals surface area contributed by atoms with Gasteiger partial charge >= 0.3 is 0 Å². The van der Waals surface area contributed by atoms with Crippen molar-refractivity contribution in [3.05, 3.63) is 88.1 Å². The number of pyridine rings is 1. The summed E-state index contributed by atoms with van der Waals surface area (Å²) < 4.78 is 0. The molecule has 2 N–H and O–H groups in total. The van der Waals surface area contributed by atoms with E-state index in [1.54, 1.807) is 0 Å². The number of benzene rings is 2. The predicted octanol–water partition coefficient (Wildman–Crippen LogP) is 4.33. The molecule has 0 atom stereocenters. The summed E-state index contributed by atoms with van der Waals surface area (Å²) in [5.41, 5.74) is 11.4. The highest BCUT2D eigenvalue weighted by Gasteiger charge is 2.06. The molecule has 0 bridgehead atoms. The fraction of sp³-hybridized carbons (Fsp3) is 0.143. The maximum Gasteiger partial charge on any atom is 0.221 e. The molecule has 3 rings (SSSR count). The molecule has 0 aliphatic carbocycles. The SMILES string of the molecule is Cc1cc(Cc2ccc(CC(N)=O)cc2)cc(-c2cccc(Cl)c2)n1. The van der Waals surface area contributed by atoms with E-state index in [4.69, 9.17) is 17.3 Å². The summed E-state index contributed by atoms with van der Waals surface area (Å²) >= 11 is 6.09. The predicted molar refractivity (Wildman–Crippen MR) is 102 cm³/mol. The van der Waals surface area contributed by atoms with E-state index >= 15 is 0 Å². The van der Waals surface area contributed by atoms with Crippen molar-refractivity contribution in [3.63, 3.8) is 0 Å². The average molecular weight is 351 g/mol. The monoisotopic (exact) mass is 350 g/mol. The summed E-state index contributed by atoms with van der Waals surface area (Å²) in [6.45, 7) is 1.99. The summed E-state index contributed by atoms with van der Waals surface area (Å²) in [4.78, 5) is 15.6. The van der Waals surface area contributed by atoms with Crippen LogP contribution in [0.2, 0.25) is 5.02 Å². The van der Waals surface area contributed by atoms with E-state index in [1.165, 1.54) is 11.1 Å². The van der Waals surface area contributed by atoms with Crippen molar-refractivity contribution >= 4 is 17.5 Å². The molecular formula is C21H19ClN2O. The molecule has 1 amide bonds. The minimum Gasteiger partial charge on any atom is -0.369 e. The minimum atomic E-state index is -0.316. The van der Waals surface area contributed by atoms with Crippen molar-refractivity contribution in [1.82, 2.24) is 4.98 Å². The number of amides is 1. The van der Waals surface area contributed by atoms with Gasteiger partial charge in [-0.05, 0) is 54.3 Å². The van der Waals surface area contributed by atoms with Gasteiger partial charge in [0.05, 0.1) is 12.1 Å². The fourth-order valence-corrected chi connectivity index (χ4v) is 3.04. The van der Waals surface area contributed by atoms with Gasteiger partial charge in [-0.3, -0.25) is 9.78 Å². The number of nitrogens with zero attached hydrogens (tertiary/aromatic N) is 1. The van der Waals surface area contributed by atoms with Gasteiger partial charge in [0.2, 0.25) is 5.91 Å². The van der Waals surface area contributed by atoms with E-state index in [-0.39, 0.29) is 12.3 Å². The molecule has 0 fully saturated rings. The maximum atomic E-state index is 11.0. The molecule has 3 aromatic rings. The Kier molecular flexibility index (Phi) is 5.15. The van der Waals surface area contributed by atoms with Crippen LogP contribution in [0.25, 0.3) is 11.3 Å². The van der Waals surface area contributed by atoms with Crippen LogP contribution in [0.5, 0.6) is 0 Å². The first-order valence-corrected chi connectivity index (χ1v) is 8.47. The van der Waals surface area contributed by atoms with Crippen LogP contribution in [0.3, 0.4) is 0 Å². The third kappa shape index (κ3) is 4.68. The number of aryl methyl sites for hydroxylation is 1. The molecular weight excluding hydrogens is 332 g/mol. The van der Waals surface area contributed by atoms with Gasteiger partial charge < -0.3 is 5.73 Å². The van der Waals surface area contributed by atoms with Crippen molar-refractivity contribution in [1.29, 1.82) is 0 Å². The highest BCUT2D eigenvalue weighted by atomic mass is 35.5. The van der Waals surface area contributed by atoms with E-state index in [9.17, 15) is 4.79 Å². The summed E-state index contributed by atoms with van der Waals surface area (Å²) in [6.07, 6.45) is 1.07. The number of nitrogens with two attached hydrogens (primary N) is 1. The molecule has 1 heterocycles. The van der Waals surface area contributed by atoms with E-state index < -0.39 is 0 Å². The lowest BCUT2D eigenvalue weighted by Gasteiger charge is -2.08. The van der Waals surface area contributed by atoms with Gasteiger partial charge in [-0.1, -0.05) is 48.0 Å². The van der Waals surface area contributed by atoms with Crippen LogP contribution < -0.4 is 5.73 Å². The van der Waals surface area contributed by atoms with Crippen LogP contribution in [-0.4, -0.2) is 10.9 Å². The normalized spacial score (nSPS) is 10.6. The third-order valence-electron chi connectivity index (χ3n) is 3.94. The second-order valence-corrected chi connectivity index (χ2v) is 6.59. The van der Waals surface area contributed by atoms with Gasteiger partial charge in [0, 0.05) is 16.3 Å². The van der Waals surface area contributed by atoms with Gasteiger partial charge in [-0.2, -0.15) is 0 Å². The quantitative estimate of drug-likeness (QED) is 0.744. The molecule has 0 aliphatic heterocycles. The Morgan fingerprint density at radius 1 is 1.00 bits per heavy atom. The standard InChI is InChI=1S/C21H19ClN2O/c1-14-9-17(10-15-5-7-16(8-6-15)12-21(23)25)11-20(24-14)18-3-2-4-19(22)13-18/h2-9,11,13H,10,12H2,1H3,(H2,23,25). The first-order valence-electron chi connectivity index (χ1n) is 8.09. The molecule has 126 valence electrons. The molecule has 0 saturated heterocycles. The van der Waals surface area contributed by atoms with Crippen molar-refractivity contribution < 1.29 is 4.79 Å². The van der Waals surface area contributed by atoms with Gasteiger partial charge in [0.25, 0.3) is 0 Å². The van der Waals surface area contributed by atoms with Crippen LogP contribution in [0.15, 0.2) is 60.7 Å². The average Bonchev–Trinajstić information content (AvgIpc) is 2.56. The Hall–Kier alpha value is -2.65.